The predicted octanol–water partition coefficient (Wildman–Crippen LogP) is 3.32. The van der Waals surface area contributed by atoms with Crippen LogP contribution in [0, 0.1) is 0 Å². The Morgan fingerprint density at radius 1 is 1.13 bits per heavy atom. The van der Waals surface area contributed by atoms with Gasteiger partial charge in [0.1, 0.15) is 29.0 Å². The topological polar surface area (TPSA) is 142 Å². The van der Waals surface area contributed by atoms with Crippen molar-refractivity contribution in [2.24, 2.45) is 0 Å². The minimum Gasteiger partial charge on any atom is -0.497 e. The molecule has 4 aromatic rings. The van der Waals surface area contributed by atoms with Gasteiger partial charge in [0.05, 0.1) is 23.9 Å². The molecule has 3 aromatic heterocycles. The number of anilines is 2. The fraction of sp³-hybridized carbons (Fsp3) is 0.154. The molecule has 0 radical (unpaired) electrons. The van der Waals surface area contributed by atoms with Crippen molar-refractivity contribution in [3.8, 4) is 5.75 Å². The summed E-state index contributed by atoms with van der Waals surface area (Å²) in [4.78, 5) is 49.4. The minimum absolute atomic E-state index is 0.0629. The van der Waals surface area contributed by atoms with Crippen LogP contribution in [0.15, 0.2) is 67.1 Å². The molecule has 1 aliphatic heterocycles. The van der Waals surface area contributed by atoms with E-state index in [-0.39, 0.29) is 46.7 Å². The number of aromatic amines is 1. The number of nitrogens with zero attached hydrogens (tertiary/aromatic N) is 4. The first-order valence-corrected chi connectivity index (χ1v) is 12.0. The lowest BCUT2D eigenvalue weighted by Gasteiger charge is -2.28. The summed E-state index contributed by atoms with van der Waals surface area (Å²) in [6.07, 6.45) is 4.73. The maximum Gasteiger partial charge on any atom is 0.260 e. The zero-order valence-electron chi connectivity index (χ0n) is 20.1. The van der Waals surface area contributed by atoms with E-state index in [0.717, 1.165) is 0 Å². The van der Waals surface area contributed by atoms with Crippen LogP contribution in [0.3, 0.4) is 0 Å². The molecular weight excluding hydrogens is 510 g/mol. The van der Waals surface area contributed by atoms with Crippen LogP contribution in [0.2, 0.25) is 5.02 Å². The summed E-state index contributed by atoms with van der Waals surface area (Å²) >= 11 is 6.48. The van der Waals surface area contributed by atoms with E-state index in [9.17, 15) is 14.4 Å². The molecule has 0 bridgehead atoms. The number of aromatic nitrogens is 4. The van der Waals surface area contributed by atoms with Gasteiger partial charge in [-0.2, -0.15) is 5.10 Å². The van der Waals surface area contributed by atoms with Crippen molar-refractivity contribution >= 4 is 41.0 Å². The normalized spacial score (nSPS) is 14.9. The van der Waals surface area contributed by atoms with E-state index in [2.05, 4.69) is 30.8 Å². The second-order valence-electron chi connectivity index (χ2n) is 8.47. The number of fused-ring (bicyclic) bond motifs is 1. The molecule has 11 nitrogen and oxygen atoms in total. The molecule has 4 heterocycles. The van der Waals surface area contributed by atoms with E-state index in [0.29, 0.717) is 22.8 Å². The lowest BCUT2D eigenvalue weighted by molar-refractivity contribution is -0.120. The first-order valence-electron chi connectivity index (χ1n) is 11.6. The van der Waals surface area contributed by atoms with Crippen molar-refractivity contribution in [1.82, 2.24) is 25.1 Å². The van der Waals surface area contributed by atoms with Crippen molar-refractivity contribution in [1.29, 1.82) is 0 Å². The number of hydrogen-bond acceptors (Lipinski definition) is 7. The summed E-state index contributed by atoms with van der Waals surface area (Å²) < 4.78 is 5.15. The SMILES string of the molecule is COc1ccnc(NC(=O)c2ccc(CN3C(=O)c4cn[nH]c4NC(=O)C3Cc3ccccn3)cc2Cl)c1. The van der Waals surface area contributed by atoms with E-state index in [1.54, 1.807) is 48.7 Å². The molecule has 1 atom stereocenters. The number of carbonyl (C=O) groups is 3. The van der Waals surface area contributed by atoms with E-state index in [4.69, 9.17) is 16.3 Å². The minimum atomic E-state index is -0.848. The smallest absolute Gasteiger partial charge is 0.260 e. The summed E-state index contributed by atoms with van der Waals surface area (Å²) in [6, 6.07) is 12.6. The van der Waals surface area contributed by atoms with Crippen LogP contribution in [0.1, 0.15) is 32.0 Å². The third-order valence-corrected chi connectivity index (χ3v) is 6.34. The fourth-order valence-corrected chi connectivity index (χ4v) is 4.41. The molecule has 3 amide bonds. The van der Waals surface area contributed by atoms with Gasteiger partial charge in [0.2, 0.25) is 5.91 Å². The molecule has 1 aromatic carbocycles. The predicted molar refractivity (Wildman–Crippen MR) is 139 cm³/mol. The molecule has 0 saturated heterocycles. The number of pyridine rings is 2. The maximum atomic E-state index is 13.5. The Bertz CT molecular complexity index is 1510. The highest BCUT2D eigenvalue weighted by atomic mass is 35.5. The molecule has 0 aliphatic carbocycles. The first kappa shape index (κ1) is 24.9. The zero-order chi connectivity index (χ0) is 26.6. The Hall–Kier alpha value is -4.77. The number of benzene rings is 1. The van der Waals surface area contributed by atoms with Gasteiger partial charge in [0, 0.05) is 37.1 Å². The Morgan fingerprint density at radius 2 is 2.00 bits per heavy atom. The average molecular weight is 532 g/mol. The van der Waals surface area contributed by atoms with Crippen LogP contribution >= 0.6 is 11.6 Å². The highest BCUT2D eigenvalue weighted by Gasteiger charge is 2.36. The van der Waals surface area contributed by atoms with Crippen LogP contribution < -0.4 is 15.4 Å². The number of rotatable bonds is 7. The molecule has 5 rings (SSSR count). The van der Waals surface area contributed by atoms with Gasteiger partial charge in [0.15, 0.2) is 0 Å². The molecule has 1 aliphatic rings. The van der Waals surface area contributed by atoms with E-state index in [1.165, 1.54) is 24.4 Å². The Kier molecular flexibility index (Phi) is 7.00. The molecule has 0 fully saturated rings. The molecule has 12 heteroatoms. The average Bonchev–Trinajstić information content (AvgIpc) is 3.36. The Morgan fingerprint density at radius 3 is 2.76 bits per heavy atom. The number of ether oxygens (including phenoxy) is 1. The van der Waals surface area contributed by atoms with Crippen molar-refractivity contribution in [3.63, 3.8) is 0 Å². The molecule has 0 spiro atoms. The lowest BCUT2D eigenvalue weighted by Crippen LogP contribution is -2.46. The van der Waals surface area contributed by atoms with Gasteiger partial charge in [-0.25, -0.2) is 4.98 Å². The third kappa shape index (κ3) is 5.18. The zero-order valence-corrected chi connectivity index (χ0v) is 20.9. The monoisotopic (exact) mass is 531 g/mol. The summed E-state index contributed by atoms with van der Waals surface area (Å²) in [5.41, 5.74) is 1.76. The molecule has 1 unspecified atom stereocenters. The number of nitrogens with one attached hydrogen (secondary N) is 3. The van der Waals surface area contributed by atoms with E-state index in [1.807, 2.05) is 6.07 Å². The van der Waals surface area contributed by atoms with Crippen LogP contribution in [0.5, 0.6) is 5.75 Å². The van der Waals surface area contributed by atoms with Crippen molar-refractivity contribution in [2.45, 2.75) is 19.0 Å². The fourth-order valence-electron chi connectivity index (χ4n) is 4.12. The number of methoxy groups -OCH3 is 1. The second kappa shape index (κ2) is 10.7. The van der Waals surface area contributed by atoms with Gasteiger partial charge in [-0.1, -0.05) is 23.7 Å². The summed E-state index contributed by atoms with van der Waals surface area (Å²) in [5.74, 6) is -0.115. The molecule has 0 saturated carbocycles. The van der Waals surface area contributed by atoms with Crippen LogP contribution in [-0.2, 0) is 17.8 Å². The highest BCUT2D eigenvalue weighted by molar-refractivity contribution is 6.34. The number of amides is 3. The van der Waals surface area contributed by atoms with Crippen molar-refractivity contribution in [3.05, 3.63) is 94.5 Å². The van der Waals surface area contributed by atoms with Crippen LogP contribution in [0.4, 0.5) is 11.6 Å². The van der Waals surface area contributed by atoms with Gasteiger partial charge in [-0.15, -0.1) is 0 Å². The van der Waals surface area contributed by atoms with Crippen molar-refractivity contribution < 1.29 is 19.1 Å². The first-order chi connectivity index (χ1) is 18.4. The standard InChI is InChI=1S/C26H22ClN7O4/c1-38-17-7-9-29-22(12-17)31-24(35)18-6-5-15(10-20(18)27)14-34-21(11-16-4-2-3-8-28-16)25(36)32-23-19(26(34)37)13-30-33-23/h2-10,12-13,21H,11,14H2,1H3,(H,29,31,35)(H2,30,32,33,36). The van der Waals surface area contributed by atoms with Crippen molar-refractivity contribution in [2.75, 3.05) is 17.7 Å². The van der Waals surface area contributed by atoms with Gasteiger partial charge in [-0.05, 0) is 35.9 Å². The summed E-state index contributed by atoms with van der Waals surface area (Å²) in [6.45, 7) is 0.0629. The summed E-state index contributed by atoms with van der Waals surface area (Å²) in [5, 5.41) is 12.2. The molecule has 38 heavy (non-hydrogen) atoms. The van der Waals surface area contributed by atoms with E-state index >= 15 is 0 Å². The second-order valence-corrected chi connectivity index (χ2v) is 8.88. The van der Waals surface area contributed by atoms with Crippen LogP contribution in [-0.4, -0.2) is 55.9 Å². The largest absolute Gasteiger partial charge is 0.497 e. The third-order valence-electron chi connectivity index (χ3n) is 6.03. The molecule has 192 valence electrons. The van der Waals surface area contributed by atoms with Gasteiger partial charge in [0.25, 0.3) is 11.8 Å². The number of carbonyl (C=O) groups excluding carboxylic acids is 3. The Labute approximate surface area is 222 Å². The van der Waals surface area contributed by atoms with Gasteiger partial charge >= 0.3 is 0 Å². The number of hydrogen-bond donors (Lipinski definition) is 3. The maximum absolute atomic E-state index is 13.5. The summed E-state index contributed by atoms with van der Waals surface area (Å²) in [7, 11) is 1.52. The van der Waals surface area contributed by atoms with Gasteiger partial charge in [-0.3, -0.25) is 24.5 Å². The quantitative estimate of drug-likeness (QED) is 0.332. The lowest BCUT2D eigenvalue weighted by atomic mass is 10.1. The highest BCUT2D eigenvalue weighted by Crippen LogP contribution is 2.26. The van der Waals surface area contributed by atoms with E-state index < -0.39 is 11.9 Å². The number of H-pyrrole nitrogens is 1. The molecular formula is C26H22ClN7O4. The molecule has 3 N–H and O–H groups in total. The van der Waals surface area contributed by atoms with Crippen LogP contribution in [0.25, 0.3) is 0 Å². The number of halogens is 1. The van der Waals surface area contributed by atoms with Gasteiger partial charge < -0.3 is 20.3 Å². The Balaban J connectivity index is 1.40.